The summed E-state index contributed by atoms with van der Waals surface area (Å²) in [6, 6.07) is 6.28. The van der Waals surface area contributed by atoms with E-state index in [1.165, 1.54) is 4.90 Å². The van der Waals surface area contributed by atoms with E-state index in [0.29, 0.717) is 15.7 Å². The average molecular weight is 286 g/mol. The van der Waals surface area contributed by atoms with Crippen LogP contribution in [0.1, 0.15) is 13.8 Å². The van der Waals surface area contributed by atoms with Gasteiger partial charge in [0.2, 0.25) is 0 Å². The van der Waals surface area contributed by atoms with Gasteiger partial charge in [0.25, 0.3) is 0 Å². The normalized spacial score (nSPS) is 10.0. The average Bonchev–Trinajstić information content (AvgIpc) is 2.30. The number of nitrogens with zero attached hydrogens (tertiary/aromatic N) is 2. The molecule has 4 nitrogen and oxygen atoms in total. The zero-order valence-electron chi connectivity index (χ0n) is 10.1. The van der Waals surface area contributed by atoms with Gasteiger partial charge in [0, 0.05) is 11.1 Å². The van der Waals surface area contributed by atoms with Crippen molar-refractivity contribution in [1.82, 2.24) is 4.90 Å². The number of benzene rings is 1. The van der Waals surface area contributed by atoms with Crippen molar-refractivity contribution in [3.63, 3.8) is 0 Å². The molecule has 0 radical (unpaired) electrons. The van der Waals surface area contributed by atoms with Crippen LogP contribution in [-0.2, 0) is 0 Å². The quantitative estimate of drug-likeness (QED) is 0.860. The SMILES string of the molecule is CC(C)N(CC#N)C(=O)Nc1cc(Cl)ccc1Cl. The van der Waals surface area contributed by atoms with E-state index in [1.54, 1.807) is 18.2 Å². The Morgan fingerprint density at radius 1 is 1.50 bits per heavy atom. The highest BCUT2D eigenvalue weighted by Crippen LogP contribution is 2.25. The molecular formula is C12H13Cl2N3O. The first-order valence-corrected chi connectivity index (χ1v) is 6.11. The largest absolute Gasteiger partial charge is 0.322 e. The van der Waals surface area contributed by atoms with Gasteiger partial charge in [-0.1, -0.05) is 23.2 Å². The second kappa shape index (κ2) is 6.48. The lowest BCUT2D eigenvalue weighted by molar-refractivity contribution is 0.205. The summed E-state index contributed by atoms with van der Waals surface area (Å²) in [7, 11) is 0. The van der Waals surface area contributed by atoms with Crippen LogP contribution in [0.3, 0.4) is 0 Å². The minimum absolute atomic E-state index is 0.0156. The van der Waals surface area contributed by atoms with Crippen LogP contribution in [0.2, 0.25) is 10.0 Å². The van der Waals surface area contributed by atoms with Gasteiger partial charge in [-0.2, -0.15) is 5.26 Å². The summed E-state index contributed by atoms with van der Waals surface area (Å²) in [5.74, 6) is 0. The van der Waals surface area contributed by atoms with Gasteiger partial charge in [-0.25, -0.2) is 4.79 Å². The Bertz CT molecular complexity index is 483. The summed E-state index contributed by atoms with van der Waals surface area (Å²) >= 11 is 11.8. The third-order valence-electron chi connectivity index (χ3n) is 2.30. The molecule has 1 N–H and O–H groups in total. The monoisotopic (exact) mass is 285 g/mol. The Kier molecular flexibility index (Phi) is 5.26. The zero-order valence-corrected chi connectivity index (χ0v) is 11.6. The third-order valence-corrected chi connectivity index (χ3v) is 2.86. The molecule has 1 rings (SSSR count). The van der Waals surface area contributed by atoms with Crippen molar-refractivity contribution < 1.29 is 4.79 Å². The van der Waals surface area contributed by atoms with Crippen LogP contribution in [0.4, 0.5) is 10.5 Å². The van der Waals surface area contributed by atoms with Gasteiger partial charge in [0.05, 0.1) is 16.8 Å². The zero-order chi connectivity index (χ0) is 13.7. The number of hydrogen-bond acceptors (Lipinski definition) is 2. The van der Waals surface area contributed by atoms with E-state index in [2.05, 4.69) is 5.32 Å². The Morgan fingerprint density at radius 3 is 2.72 bits per heavy atom. The number of halogens is 2. The Balaban J connectivity index is 2.86. The number of amides is 2. The first-order valence-electron chi connectivity index (χ1n) is 5.35. The lowest BCUT2D eigenvalue weighted by atomic mass is 10.3. The van der Waals surface area contributed by atoms with Crippen LogP contribution in [0.5, 0.6) is 0 Å². The van der Waals surface area contributed by atoms with E-state index in [-0.39, 0.29) is 18.6 Å². The van der Waals surface area contributed by atoms with E-state index in [0.717, 1.165) is 0 Å². The molecule has 2 amide bonds. The van der Waals surface area contributed by atoms with Crippen LogP contribution in [0.15, 0.2) is 18.2 Å². The minimum Gasteiger partial charge on any atom is -0.309 e. The standard InChI is InChI=1S/C12H13Cl2N3O/c1-8(2)17(6-5-15)12(18)16-11-7-9(13)3-4-10(11)14/h3-4,7-8H,6H2,1-2H3,(H,16,18). The molecule has 1 aromatic carbocycles. The molecule has 0 unspecified atom stereocenters. The maximum Gasteiger partial charge on any atom is 0.322 e. The smallest absolute Gasteiger partial charge is 0.309 e. The van der Waals surface area contributed by atoms with Crippen LogP contribution in [0.25, 0.3) is 0 Å². The summed E-state index contributed by atoms with van der Waals surface area (Å²) in [6.45, 7) is 3.68. The molecule has 0 aliphatic carbocycles. The van der Waals surface area contributed by atoms with Crippen LogP contribution in [-0.4, -0.2) is 23.5 Å². The summed E-state index contributed by atoms with van der Waals surface area (Å²) < 4.78 is 0. The van der Waals surface area contributed by atoms with Crippen molar-refractivity contribution >= 4 is 34.9 Å². The fourth-order valence-electron chi connectivity index (χ4n) is 1.35. The molecule has 0 aliphatic rings. The number of nitriles is 1. The molecule has 1 aromatic rings. The van der Waals surface area contributed by atoms with Crippen molar-refractivity contribution in [2.75, 3.05) is 11.9 Å². The second-order valence-electron chi connectivity index (χ2n) is 3.93. The van der Waals surface area contributed by atoms with Crippen molar-refractivity contribution in [1.29, 1.82) is 5.26 Å². The van der Waals surface area contributed by atoms with E-state index in [1.807, 2.05) is 19.9 Å². The molecule has 0 atom stereocenters. The number of anilines is 1. The second-order valence-corrected chi connectivity index (χ2v) is 4.78. The highest BCUT2D eigenvalue weighted by Gasteiger charge is 2.17. The molecule has 18 heavy (non-hydrogen) atoms. The van der Waals surface area contributed by atoms with Crippen LogP contribution >= 0.6 is 23.2 Å². The van der Waals surface area contributed by atoms with Gasteiger partial charge >= 0.3 is 6.03 Å². The number of hydrogen-bond donors (Lipinski definition) is 1. The van der Waals surface area contributed by atoms with E-state index >= 15 is 0 Å². The molecule has 0 heterocycles. The Morgan fingerprint density at radius 2 is 2.17 bits per heavy atom. The van der Waals surface area contributed by atoms with Gasteiger partial charge in [-0.15, -0.1) is 0 Å². The Hall–Kier alpha value is -1.44. The lowest BCUT2D eigenvalue weighted by Crippen LogP contribution is -2.40. The summed E-state index contributed by atoms with van der Waals surface area (Å²) in [4.78, 5) is 13.4. The molecule has 0 fully saturated rings. The number of carbonyl (C=O) groups excluding carboxylic acids is 1. The highest BCUT2D eigenvalue weighted by molar-refractivity contribution is 6.35. The minimum atomic E-state index is -0.379. The van der Waals surface area contributed by atoms with Gasteiger partial charge < -0.3 is 10.2 Å². The van der Waals surface area contributed by atoms with Crippen molar-refractivity contribution in [2.45, 2.75) is 19.9 Å². The molecule has 0 spiro atoms. The number of urea groups is 1. The number of carbonyl (C=O) groups is 1. The van der Waals surface area contributed by atoms with E-state index < -0.39 is 0 Å². The van der Waals surface area contributed by atoms with Crippen LogP contribution in [0, 0.1) is 11.3 Å². The molecule has 0 saturated heterocycles. The molecular weight excluding hydrogens is 273 g/mol. The maximum atomic E-state index is 12.0. The van der Waals surface area contributed by atoms with Gasteiger partial charge in [-0.3, -0.25) is 0 Å². The van der Waals surface area contributed by atoms with Crippen LogP contribution < -0.4 is 5.32 Å². The Labute approximate surface area is 116 Å². The highest BCUT2D eigenvalue weighted by atomic mass is 35.5. The predicted octanol–water partition coefficient (Wildman–Crippen LogP) is 3.76. The summed E-state index contributed by atoms with van der Waals surface area (Å²) in [6.07, 6.45) is 0. The van der Waals surface area contributed by atoms with Gasteiger partial charge in [-0.05, 0) is 32.0 Å². The fraction of sp³-hybridized carbons (Fsp3) is 0.333. The lowest BCUT2D eigenvalue weighted by Gasteiger charge is -2.24. The number of nitrogens with one attached hydrogen (secondary N) is 1. The first kappa shape index (κ1) is 14.6. The van der Waals surface area contributed by atoms with Crippen molar-refractivity contribution in [3.05, 3.63) is 28.2 Å². The van der Waals surface area contributed by atoms with Crippen molar-refractivity contribution in [2.24, 2.45) is 0 Å². The molecule has 96 valence electrons. The topological polar surface area (TPSA) is 56.1 Å². The van der Waals surface area contributed by atoms with Gasteiger partial charge in [0.15, 0.2) is 0 Å². The molecule has 6 heteroatoms. The van der Waals surface area contributed by atoms with E-state index in [9.17, 15) is 4.79 Å². The molecule has 0 aromatic heterocycles. The number of rotatable bonds is 3. The van der Waals surface area contributed by atoms with E-state index in [4.69, 9.17) is 28.5 Å². The molecule has 0 saturated carbocycles. The van der Waals surface area contributed by atoms with Crippen molar-refractivity contribution in [3.8, 4) is 6.07 Å². The third kappa shape index (κ3) is 3.80. The maximum absolute atomic E-state index is 12.0. The summed E-state index contributed by atoms with van der Waals surface area (Å²) in [5.41, 5.74) is 0.428. The van der Waals surface area contributed by atoms with Gasteiger partial charge in [0.1, 0.15) is 6.54 Å². The predicted molar refractivity (Wildman–Crippen MR) is 72.9 cm³/mol. The summed E-state index contributed by atoms with van der Waals surface area (Å²) in [5, 5.41) is 12.2. The fourth-order valence-corrected chi connectivity index (χ4v) is 1.68. The molecule has 0 aliphatic heterocycles. The first-order chi connectivity index (χ1) is 8.45. The molecule has 0 bridgehead atoms.